The van der Waals surface area contributed by atoms with Gasteiger partial charge in [-0.05, 0) is 49.2 Å². The SMILES string of the molecule is Cl.NCCCCNC(=O)c1ccc(-c2ccc(Cl)c(Cl)c2)s1. The summed E-state index contributed by atoms with van der Waals surface area (Å²) in [7, 11) is 0. The van der Waals surface area contributed by atoms with Crippen molar-refractivity contribution in [3.63, 3.8) is 0 Å². The molecule has 1 aromatic heterocycles. The molecule has 0 aliphatic rings. The Morgan fingerprint density at radius 2 is 1.91 bits per heavy atom. The van der Waals surface area contributed by atoms with E-state index in [1.807, 2.05) is 18.2 Å². The van der Waals surface area contributed by atoms with Crippen molar-refractivity contribution in [3.8, 4) is 10.4 Å². The van der Waals surface area contributed by atoms with Crippen LogP contribution in [0.25, 0.3) is 10.4 Å². The molecule has 0 radical (unpaired) electrons. The lowest BCUT2D eigenvalue weighted by Gasteiger charge is -2.02. The third kappa shape index (κ3) is 5.14. The summed E-state index contributed by atoms with van der Waals surface area (Å²) in [4.78, 5) is 13.7. The van der Waals surface area contributed by atoms with Crippen LogP contribution >= 0.6 is 46.9 Å². The number of amides is 1. The summed E-state index contributed by atoms with van der Waals surface area (Å²) in [5.41, 5.74) is 6.37. The van der Waals surface area contributed by atoms with Gasteiger partial charge in [-0.1, -0.05) is 29.3 Å². The first-order valence-electron chi connectivity index (χ1n) is 6.65. The van der Waals surface area contributed by atoms with E-state index in [-0.39, 0.29) is 18.3 Å². The molecule has 1 amide bonds. The Kier molecular flexibility index (Phi) is 8.21. The first-order chi connectivity index (χ1) is 10.1. The number of halogens is 3. The van der Waals surface area contributed by atoms with Crippen molar-refractivity contribution in [3.05, 3.63) is 45.3 Å². The maximum absolute atomic E-state index is 12.0. The van der Waals surface area contributed by atoms with Crippen LogP contribution in [0.15, 0.2) is 30.3 Å². The van der Waals surface area contributed by atoms with Gasteiger partial charge in [0, 0.05) is 11.4 Å². The average molecular weight is 380 g/mol. The smallest absolute Gasteiger partial charge is 0.261 e. The number of nitrogens with one attached hydrogen (secondary N) is 1. The fourth-order valence-electron chi connectivity index (χ4n) is 1.82. The monoisotopic (exact) mass is 378 g/mol. The Morgan fingerprint density at radius 3 is 2.59 bits per heavy atom. The van der Waals surface area contributed by atoms with Gasteiger partial charge in [0.25, 0.3) is 5.91 Å². The Labute approximate surface area is 150 Å². The topological polar surface area (TPSA) is 55.1 Å². The second kappa shape index (κ2) is 9.38. The molecule has 0 unspecified atom stereocenters. The third-order valence-electron chi connectivity index (χ3n) is 2.95. The van der Waals surface area contributed by atoms with E-state index in [4.69, 9.17) is 28.9 Å². The first-order valence-corrected chi connectivity index (χ1v) is 8.22. The van der Waals surface area contributed by atoms with E-state index >= 15 is 0 Å². The molecular formula is C15H17Cl3N2OS. The highest BCUT2D eigenvalue weighted by Gasteiger charge is 2.10. The van der Waals surface area contributed by atoms with Crippen molar-refractivity contribution < 1.29 is 4.79 Å². The summed E-state index contributed by atoms with van der Waals surface area (Å²) in [6, 6.07) is 9.19. The van der Waals surface area contributed by atoms with E-state index < -0.39 is 0 Å². The summed E-state index contributed by atoms with van der Waals surface area (Å²) in [5, 5.41) is 3.92. The van der Waals surface area contributed by atoms with Crippen LogP contribution in [0.3, 0.4) is 0 Å². The van der Waals surface area contributed by atoms with Crippen molar-refractivity contribution in [2.75, 3.05) is 13.1 Å². The van der Waals surface area contributed by atoms with Crippen LogP contribution in [0.5, 0.6) is 0 Å². The summed E-state index contributed by atoms with van der Waals surface area (Å²) in [6.45, 7) is 1.30. The second-order valence-corrected chi connectivity index (χ2v) is 6.44. The lowest BCUT2D eigenvalue weighted by molar-refractivity contribution is 0.0957. The molecule has 0 bridgehead atoms. The van der Waals surface area contributed by atoms with Gasteiger partial charge in [0.15, 0.2) is 0 Å². The molecule has 2 rings (SSSR count). The summed E-state index contributed by atoms with van der Waals surface area (Å²) in [5.74, 6) is -0.0525. The molecule has 1 heterocycles. The van der Waals surface area contributed by atoms with Crippen molar-refractivity contribution in [1.82, 2.24) is 5.32 Å². The molecule has 0 spiro atoms. The normalized spacial score (nSPS) is 10.1. The van der Waals surface area contributed by atoms with Crippen molar-refractivity contribution in [1.29, 1.82) is 0 Å². The molecule has 1 aromatic carbocycles. The zero-order valence-electron chi connectivity index (χ0n) is 11.8. The Balaban J connectivity index is 0.00000242. The zero-order chi connectivity index (χ0) is 15.2. The molecule has 3 nitrogen and oxygen atoms in total. The van der Waals surface area contributed by atoms with Gasteiger partial charge < -0.3 is 11.1 Å². The molecule has 0 aliphatic heterocycles. The fourth-order valence-corrected chi connectivity index (χ4v) is 3.04. The van der Waals surface area contributed by atoms with Crippen LogP contribution in [-0.2, 0) is 0 Å². The quantitative estimate of drug-likeness (QED) is 0.720. The number of unbranched alkanes of at least 4 members (excludes halogenated alkanes) is 1. The van der Waals surface area contributed by atoms with E-state index in [0.29, 0.717) is 28.0 Å². The minimum Gasteiger partial charge on any atom is -0.351 e. The molecule has 0 saturated heterocycles. The molecule has 3 N–H and O–H groups in total. The number of hydrogen-bond acceptors (Lipinski definition) is 3. The molecule has 0 atom stereocenters. The van der Waals surface area contributed by atoms with E-state index in [1.54, 1.807) is 12.1 Å². The number of rotatable bonds is 6. The Morgan fingerprint density at radius 1 is 1.14 bits per heavy atom. The van der Waals surface area contributed by atoms with Gasteiger partial charge in [0.2, 0.25) is 0 Å². The molecule has 0 saturated carbocycles. The third-order valence-corrected chi connectivity index (χ3v) is 4.82. The van der Waals surface area contributed by atoms with Crippen LogP contribution in [0, 0.1) is 0 Å². The van der Waals surface area contributed by atoms with Gasteiger partial charge in [0.1, 0.15) is 0 Å². The molecular weight excluding hydrogens is 363 g/mol. The lowest BCUT2D eigenvalue weighted by Crippen LogP contribution is -2.23. The van der Waals surface area contributed by atoms with Crippen molar-refractivity contribution in [2.24, 2.45) is 5.73 Å². The van der Waals surface area contributed by atoms with Gasteiger partial charge in [-0.3, -0.25) is 4.79 Å². The van der Waals surface area contributed by atoms with Crippen LogP contribution in [-0.4, -0.2) is 19.0 Å². The number of carbonyl (C=O) groups is 1. The highest BCUT2D eigenvalue weighted by atomic mass is 35.5. The van der Waals surface area contributed by atoms with E-state index in [9.17, 15) is 4.79 Å². The summed E-state index contributed by atoms with van der Waals surface area (Å²) < 4.78 is 0. The van der Waals surface area contributed by atoms with Gasteiger partial charge in [-0.25, -0.2) is 0 Å². The molecule has 22 heavy (non-hydrogen) atoms. The zero-order valence-corrected chi connectivity index (χ0v) is 14.9. The van der Waals surface area contributed by atoms with E-state index in [1.165, 1.54) is 11.3 Å². The van der Waals surface area contributed by atoms with Crippen LogP contribution in [0.2, 0.25) is 10.0 Å². The van der Waals surface area contributed by atoms with Gasteiger partial charge in [-0.15, -0.1) is 23.7 Å². The fraction of sp³-hybridized carbons (Fsp3) is 0.267. The Hall–Kier alpha value is -0.780. The van der Waals surface area contributed by atoms with Gasteiger partial charge >= 0.3 is 0 Å². The number of nitrogens with two attached hydrogens (primary N) is 1. The second-order valence-electron chi connectivity index (χ2n) is 4.54. The molecule has 2 aromatic rings. The highest BCUT2D eigenvalue weighted by molar-refractivity contribution is 7.17. The van der Waals surface area contributed by atoms with E-state index in [0.717, 1.165) is 23.3 Å². The van der Waals surface area contributed by atoms with Crippen LogP contribution < -0.4 is 11.1 Å². The van der Waals surface area contributed by atoms with Crippen LogP contribution in [0.1, 0.15) is 22.5 Å². The van der Waals surface area contributed by atoms with Crippen molar-refractivity contribution >= 4 is 52.9 Å². The van der Waals surface area contributed by atoms with Crippen LogP contribution in [0.4, 0.5) is 0 Å². The van der Waals surface area contributed by atoms with Crippen molar-refractivity contribution in [2.45, 2.75) is 12.8 Å². The first kappa shape index (κ1) is 19.3. The number of thiophene rings is 1. The summed E-state index contributed by atoms with van der Waals surface area (Å²) in [6.07, 6.45) is 1.81. The predicted octanol–water partition coefficient (Wildman–Crippen LogP) is 4.61. The minimum absolute atomic E-state index is 0. The maximum Gasteiger partial charge on any atom is 0.261 e. The summed E-state index contributed by atoms with van der Waals surface area (Å²) >= 11 is 13.4. The van der Waals surface area contributed by atoms with Gasteiger partial charge in [-0.2, -0.15) is 0 Å². The molecule has 120 valence electrons. The molecule has 0 aliphatic carbocycles. The number of benzene rings is 1. The average Bonchev–Trinajstić information content (AvgIpc) is 2.96. The van der Waals surface area contributed by atoms with Gasteiger partial charge in [0.05, 0.1) is 14.9 Å². The largest absolute Gasteiger partial charge is 0.351 e. The maximum atomic E-state index is 12.0. The Bertz CT molecular complexity index is 631. The highest BCUT2D eigenvalue weighted by Crippen LogP contribution is 2.32. The molecule has 7 heteroatoms. The minimum atomic E-state index is -0.0525. The van der Waals surface area contributed by atoms with E-state index in [2.05, 4.69) is 5.32 Å². The standard InChI is InChI=1S/C15H16Cl2N2OS.ClH/c16-11-4-3-10(9-12(11)17)13-5-6-14(21-13)15(20)19-8-2-1-7-18;/h3-6,9H,1-2,7-8,18H2,(H,19,20);1H. The molecule has 0 fully saturated rings. The number of carbonyl (C=O) groups excluding carboxylic acids is 1. The predicted molar refractivity (Wildman–Crippen MR) is 97.6 cm³/mol. The lowest BCUT2D eigenvalue weighted by atomic mass is 10.2. The number of hydrogen-bond donors (Lipinski definition) is 2.